The van der Waals surface area contributed by atoms with Gasteiger partial charge in [0.05, 0.1) is 0 Å². The lowest BCUT2D eigenvalue weighted by atomic mass is 9.99. The van der Waals surface area contributed by atoms with E-state index in [1.54, 1.807) is 0 Å². The van der Waals surface area contributed by atoms with Crippen LogP contribution in [0, 0.1) is 27.7 Å². The van der Waals surface area contributed by atoms with Crippen LogP contribution in [0.4, 0.5) is 34.1 Å². The van der Waals surface area contributed by atoms with Gasteiger partial charge in [0.25, 0.3) is 0 Å². The molecule has 48 heavy (non-hydrogen) atoms. The van der Waals surface area contributed by atoms with E-state index < -0.39 is 0 Å². The molecule has 0 bridgehead atoms. The summed E-state index contributed by atoms with van der Waals surface area (Å²) in [6, 6.07) is 61.3. The molecule has 2 heteroatoms. The van der Waals surface area contributed by atoms with Crippen LogP contribution in [0.1, 0.15) is 22.3 Å². The van der Waals surface area contributed by atoms with Crippen LogP contribution in [0.5, 0.6) is 0 Å². The molecule has 0 saturated carbocycles. The van der Waals surface area contributed by atoms with Crippen LogP contribution < -0.4 is 9.80 Å². The summed E-state index contributed by atoms with van der Waals surface area (Å²) in [6.45, 7) is 8.64. The van der Waals surface area contributed by atoms with E-state index >= 15 is 0 Å². The molecule has 0 fully saturated rings. The minimum Gasteiger partial charge on any atom is -0.310 e. The van der Waals surface area contributed by atoms with E-state index in [9.17, 15) is 0 Å². The molecule has 0 radical (unpaired) electrons. The van der Waals surface area contributed by atoms with Crippen LogP contribution in [-0.2, 0) is 0 Å². The first kappa shape index (κ1) is 30.8. The highest BCUT2D eigenvalue weighted by Crippen LogP contribution is 2.38. The largest absolute Gasteiger partial charge is 0.310 e. The molecule has 0 aliphatic heterocycles. The van der Waals surface area contributed by atoms with Gasteiger partial charge >= 0.3 is 0 Å². The van der Waals surface area contributed by atoms with Crippen LogP contribution in [-0.4, -0.2) is 0 Å². The maximum Gasteiger partial charge on any atom is 0.0466 e. The number of rotatable bonds is 8. The van der Waals surface area contributed by atoms with Crippen molar-refractivity contribution in [3.05, 3.63) is 192 Å². The third-order valence-corrected chi connectivity index (χ3v) is 8.76. The molecule has 0 saturated heterocycles. The normalized spacial score (nSPS) is 10.9. The monoisotopic (exact) mass is 620 g/mol. The van der Waals surface area contributed by atoms with Gasteiger partial charge in [0.2, 0.25) is 0 Å². The zero-order valence-corrected chi connectivity index (χ0v) is 28.1. The number of nitrogens with zero attached hydrogens (tertiary/aromatic N) is 2. The third-order valence-electron chi connectivity index (χ3n) is 8.76. The van der Waals surface area contributed by atoms with Crippen molar-refractivity contribution >= 4 is 34.1 Å². The fraction of sp³-hybridized carbons (Fsp3) is 0.0870. The smallest absolute Gasteiger partial charge is 0.0466 e. The number of para-hydroxylation sites is 2. The summed E-state index contributed by atoms with van der Waals surface area (Å²) in [5, 5.41) is 0. The molecule has 0 spiro atoms. The van der Waals surface area contributed by atoms with E-state index in [0.29, 0.717) is 0 Å². The standard InChI is InChI=1S/C46H40N2/c1-33-27-34(2)30-45(29-33)47(41-11-7-5-8-12-41)43-23-19-39(20-24-43)37-15-17-38(18-16-37)40-21-25-44(26-22-40)48(42-13-9-6-10-14-42)46-31-35(3)28-36(4)32-46/h5-32H,1-4H3. The first-order valence-electron chi connectivity index (χ1n) is 16.6. The van der Waals surface area contributed by atoms with Crippen LogP contribution in [0.15, 0.2) is 170 Å². The highest BCUT2D eigenvalue weighted by molar-refractivity contribution is 5.81. The highest BCUT2D eigenvalue weighted by atomic mass is 15.1. The van der Waals surface area contributed by atoms with Gasteiger partial charge in [-0.2, -0.15) is 0 Å². The molecule has 0 amide bonds. The SMILES string of the molecule is Cc1cc(C)cc(N(c2ccccc2)c2ccc(-c3ccc(-c4ccc(N(c5ccccc5)c5cc(C)cc(C)c5)cc4)cc3)cc2)c1. The minimum atomic E-state index is 1.14. The van der Waals surface area contributed by atoms with E-state index in [0.717, 1.165) is 22.7 Å². The maximum absolute atomic E-state index is 2.33. The molecule has 0 aliphatic rings. The summed E-state index contributed by atoms with van der Waals surface area (Å²) in [5.74, 6) is 0. The highest BCUT2D eigenvalue weighted by Gasteiger charge is 2.15. The molecule has 0 heterocycles. The second-order valence-corrected chi connectivity index (χ2v) is 12.7. The Hall–Kier alpha value is -5.86. The molecule has 7 rings (SSSR count). The Morgan fingerprint density at radius 1 is 0.250 bits per heavy atom. The zero-order chi connectivity index (χ0) is 33.0. The molecule has 0 unspecified atom stereocenters. The second-order valence-electron chi connectivity index (χ2n) is 12.7. The maximum atomic E-state index is 2.33. The Labute approximate surface area is 285 Å². The van der Waals surface area contributed by atoms with Crippen molar-refractivity contribution < 1.29 is 0 Å². The zero-order valence-electron chi connectivity index (χ0n) is 28.1. The lowest BCUT2D eigenvalue weighted by Gasteiger charge is -2.26. The summed E-state index contributed by atoms with van der Waals surface area (Å²) in [6.07, 6.45) is 0. The quantitative estimate of drug-likeness (QED) is 0.167. The van der Waals surface area contributed by atoms with Crippen molar-refractivity contribution in [2.45, 2.75) is 27.7 Å². The van der Waals surface area contributed by atoms with Gasteiger partial charge in [-0.3, -0.25) is 0 Å². The Morgan fingerprint density at radius 2 is 0.500 bits per heavy atom. The summed E-state index contributed by atoms with van der Waals surface area (Å²) >= 11 is 0. The van der Waals surface area contributed by atoms with Gasteiger partial charge in [0.1, 0.15) is 0 Å². The number of benzene rings is 7. The van der Waals surface area contributed by atoms with E-state index in [2.05, 4.69) is 207 Å². The van der Waals surface area contributed by atoms with Gasteiger partial charge in [-0.15, -0.1) is 0 Å². The topological polar surface area (TPSA) is 6.48 Å². The van der Waals surface area contributed by atoms with Gasteiger partial charge in [-0.1, -0.05) is 97.1 Å². The van der Waals surface area contributed by atoms with Gasteiger partial charge < -0.3 is 9.80 Å². The Kier molecular flexibility index (Phi) is 8.64. The van der Waals surface area contributed by atoms with Crippen molar-refractivity contribution in [2.75, 3.05) is 9.80 Å². The number of hydrogen-bond donors (Lipinski definition) is 0. The summed E-state index contributed by atoms with van der Waals surface area (Å²) in [7, 11) is 0. The predicted molar refractivity (Wildman–Crippen MR) is 206 cm³/mol. The number of anilines is 6. The molecule has 0 aliphatic carbocycles. The average molecular weight is 621 g/mol. The molecular weight excluding hydrogens is 581 g/mol. The molecule has 2 nitrogen and oxygen atoms in total. The summed E-state index contributed by atoms with van der Waals surface area (Å²) in [5.41, 5.74) is 16.7. The predicted octanol–water partition coefficient (Wildman–Crippen LogP) is 13.2. The molecular formula is C46H40N2. The van der Waals surface area contributed by atoms with Crippen molar-refractivity contribution in [3.63, 3.8) is 0 Å². The van der Waals surface area contributed by atoms with E-state index in [4.69, 9.17) is 0 Å². The van der Waals surface area contributed by atoms with E-state index in [-0.39, 0.29) is 0 Å². The van der Waals surface area contributed by atoms with Crippen LogP contribution in [0.25, 0.3) is 22.3 Å². The van der Waals surface area contributed by atoms with Crippen molar-refractivity contribution in [1.82, 2.24) is 0 Å². The summed E-state index contributed by atoms with van der Waals surface area (Å²) < 4.78 is 0. The fourth-order valence-electron chi connectivity index (χ4n) is 6.67. The van der Waals surface area contributed by atoms with Crippen LogP contribution in [0.2, 0.25) is 0 Å². The lowest BCUT2D eigenvalue weighted by Crippen LogP contribution is -2.10. The molecule has 0 N–H and O–H groups in total. The van der Waals surface area contributed by atoms with E-state index in [1.165, 1.54) is 55.9 Å². The molecule has 7 aromatic carbocycles. The Bertz CT molecular complexity index is 1930. The van der Waals surface area contributed by atoms with Gasteiger partial charge in [-0.05, 0) is 145 Å². The van der Waals surface area contributed by atoms with Crippen molar-refractivity contribution in [1.29, 1.82) is 0 Å². The molecule has 0 aromatic heterocycles. The van der Waals surface area contributed by atoms with Crippen LogP contribution >= 0.6 is 0 Å². The van der Waals surface area contributed by atoms with Crippen molar-refractivity contribution in [3.8, 4) is 22.3 Å². The molecule has 7 aromatic rings. The first-order valence-corrected chi connectivity index (χ1v) is 16.6. The third kappa shape index (κ3) is 6.65. The second kappa shape index (κ2) is 13.5. The lowest BCUT2D eigenvalue weighted by molar-refractivity contribution is 1.25. The number of aryl methyl sites for hydroxylation is 4. The number of hydrogen-bond acceptors (Lipinski definition) is 2. The first-order chi connectivity index (χ1) is 23.4. The van der Waals surface area contributed by atoms with Gasteiger partial charge in [-0.25, -0.2) is 0 Å². The van der Waals surface area contributed by atoms with E-state index in [1.807, 2.05) is 0 Å². The Morgan fingerprint density at radius 3 is 0.792 bits per heavy atom. The van der Waals surface area contributed by atoms with Gasteiger partial charge in [0.15, 0.2) is 0 Å². The average Bonchev–Trinajstić information content (AvgIpc) is 3.09. The fourth-order valence-corrected chi connectivity index (χ4v) is 6.67. The van der Waals surface area contributed by atoms with Crippen molar-refractivity contribution in [2.24, 2.45) is 0 Å². The van der Waals surface area contributed by atoms with Gasteiger partial charge in [0, 0.05) is 34.1 Å². The Balaban J connectivity index is 1.14. The van der Waals surface area contributed by atoms with Crippen LogP contribution in [0.3, 0.4) is 0 Å². The molecule has 234 valence electrons. The summed E-state index contributed by atoms with van der Waals surface area (Å²) in [4.78, 5) is 4.66. The molecule has 0 atom stereocenters. The minimum absolute atomic E-state index is 1.14.